The molecule has 0 radical (unpaired) electrons. The SMILES string of the molecule is C.C.O=C=NCn1c(=O)n(CN=C=O)c(=O)n(CN=C=O)c1=O. The average molecular weight is 326 g/mol. The van der Waals surface area contributed by atoms with Crippen molar-refractivity contribution < 1.29 is 14.4 Å². The van der Waals surface area contributed by atoms with E-state index in [2.05, 4.69) is 15.0 Å². The molecule has 0 unspecified atom stereocenters. The molecule has 1 rings (SSSR count). The number of hydrogen-bond donors (Lipinski definition) is 0. The van der Waals surface area contributed by atoms with Crippen LogP contribution in [-0.2, 0) is 34.4 Å². The Morgan fingerprint density at radius 2 is 0.826 bits per heavy atom. The summed E-state index contributed by atoms with van der Waals surface area (Å²) >= 11 is 0. The second-order valence-electron chi connectivity index (χ2n) is 3.30. The van der Waals surface area contributed by atoms with Crippen LogP contribution >= 0.6 is 0 Å². The molecule has 23 heavy (non-hydrogen) atoms. The van der Waals surface area contributed by atoms with Crippen molar-refractivity contribution in [2.45, 2.75) is 34.9 Å². The van der Waals surface area contributed by atoms with Gasteiger partial charge in [-0.1, -0.05) is 14.9 Å². The van der Waals surface area contributed by atoms with Crippen LogP contribution < -0.4 is 17.1 Å². The van der Waals surface area contributed by atoms with Gasteiger partial charge < -0.3 is 0 Å². The highest BCUT2D eigenvalue weighted by molar-refractivity contribution is 5.33. The van der Waals surface area contributed by atoms with Gasteiger partial charge in [0.25, 0.3) is 0 Å². The molecule has 12 heteroatoms. The van der Waals surface area contributed by atoms with Crippen LogP contribution in [0, 0.1) is 0 Å². The van der Waals surface area contributed by atoms with E-state index in [1.165, 1.54) is 0 Å². The van der Waals surface area contributed by atoms with Crippen molar-refractivity contribution in [3.05, 3.63) is 31.5 Å². The minimum Gasteiger partial charge on any atom is -0.247 e. The lowest BCUT2D eigenvalue weighted by atomic mass is 10.7. The number of carbonyl (C=O) groups excluding carboxylic acids is 3. The second-order valence-corrected chi connectivity index (χ2v) is 3.30. The van der Waals surface area contributed by atoms with Gasteiger partial charge in [-0.05, 0) is 0 Å². The molecule has 1 aromatic rings. The van der Waals surface area contributed by atoms with Gasteiger partial charge in [0.2, 0.25) is 18.2 Å². The Bertz CT molecular complexity index is 714. The van der Waals surface area contributed by atoms with Crippen LogP contribution in [0.25, 0.3) is 0 Å². The largest absolute Gasteiger partial charge is 0.339 e. The second kappa shape index (κ2) is 10.3. The number of aliphatic imine (C=N–C) groups is 3. The van der Waals surface area contributed by atoms with Crippen molar-refractivity contribution in [2.24, 2.45) is 15.0 Å². The highest BCUT2D eigenvalue weighted by Crippen LogP contribution is 1.79. The normalized spacial score (nSPS) is 8.35. The standard InChI is InChI=1S/C9H6N6O6.2CH4/c16-4-10-1-13-7(19)14(2-11-5-17)9(21)15(8(13)20)3-12-6-18;;/h1-3H2;2*1H4. The minimum atomic E-state index is -1.14. The maximum atomic E-state index is 11.9. The molecule has 0 spiro atoms. The van der Waals surface area contributed by atoms with Gasteiger partial charge in [-0.25, -0.2) is 42.5 Å². The lowest BCUT2D eigenvalue weighted by Crippen LogP contribution is -2.54. The topological polar surface area (TPSA) is 154 Å². The van der Waals surface area contributed by atoms with Gasteiger partial charge in [0.05, 0.1) is 0 Å². The first-order valence-electron chi connectivity index (χ1n) is 5.13. The zero-order valence-electron chi connectivity index (χ0n) is 10.3. The van der Waals surface area contributed by atoms with Crippen LogP contribution in [0.3, 0.4) is 0 Å². The van der Waals surface area contributed by atoms with Crippen molar-refractivity contribution in [1.29, 1.82) is 0 Å². The van der Waals surface area contributed by atoms with E-state index in [-0.39, 0.29) is 14.9 Å². The first-order valence-corrected chi connectivity index (χ1v) is 5.13. The predicted octanol–water partition coefficient (Wildman–Crippen LogP) is -1.68. The maximum Gasteiger partial charge on any atom is 0.339 e. The van der Waals surface area contributed by atoms with Crippen molar-refractivity contribution in [1.82, 2.24) is 13.7 Å². The molecule has 0 aliphatic carbocycles. The van der Waals surface area contributed by atoms with E-state index < -0.39 is 37.1 Å². The summed E-state index contributed by atoms with van der Waals surface area (Å²) in [5.74, 6) is 0. The van der Waals surface area contributed by atoms with E-state index in [1.54, 1.807) is 0 Å². The third-order valence-corrected chi connectivity index (χ3v) is 2.22. The molecule has 0 fully saturated rings. The van der Waals surface area contributed by atoms with Crippen LogP contribution in [0.4, 0.5) is 0 Å². The van der Waals surface area contributed by atoms with Crippen LogP contribution in [-0.4, -0.2) is 31.9 Å². The third-order valence-electron chi connectivity index (χ3n) is 2.22. The number of isocyanates is 3. The first-order chi connectivity index (χ1) is 10.1. The fourth-order valence-electron chi connectivity index (χ4n) is 1.34. The number of rotatable bonds is 6. The summed E-state index contributed by atoms with van der Waals surface area (Å²) in [6.45, 7) is -2.09. The Balaban J connectivity index is 0. The van der Waals surface area contributed by atoms with Gasteiger partial charge in [-0.2, -0.15) is 15.0 Å². The Morgan fingerprint density at radius 1 is 0.609 bits per heavy atom. The first kappa shape index (κ1) is 21.8. The minimum absolute atomic E-state index is 0. The molecule has 124 valence electrons. The molecule has 0 saturated carbocycles. The molecule has 0 N–H and O–H groups in total. The van der Waals surface area contributed by atoms with Gasteiger partial charge in [-0.3, -0.25) is 0 Å². The molecule has 1 heterocycles. The van der Waals surface area contributed by atoms with E-state index in [0.717, 1.165) is 18.2 Å². The van der Waals surface area contributed by atoms with Crippen LogP contribution in [0.2, 0.25) is 0 Å². The molecule has 0 saturated heterocycles. The van der Waals surface area contributed by atoms with Gasteiger partial charge >= 0.3 is 17.1 Å². The zero-order chi connectivity index (χ0) is 15.8. The van der Waals surface area contributed by atoms with E-state index >= 15 is 0 Å². The quantitative estimate of drug-likeness (QED) is 0.449. The van der Waals surface area contributed by atoms with Crippen molar-refractivity contribution in [2.75, 3.05) is 0 Å². The fraction of sp³-hybridized carbons (Fsp3) is 0.455. The fourth-order valence-corrected chi connectivity index (χ4v) is 1.34. The molecule has 0 aliphatic heterocycles. The Kier molecular flexibility index (Phi) is 9.78. The smallest absolute Gasteiger partial charge is 0.247 e. The Hall–Kier alpha value is -3.45. The summed E-state index contributed by atoms with van der Waals surface area (Å²) in [4.78, 5) is 74.9. The van der Waals surface area contributed by atoms with E-state index in [1.807, 2.05) is 0 Å². The average Bonchev–Trinajstić information content (AvgIpc) is 2.47. The molecule has 12 nitrogen and oxygen atoms in total. The Labute approximate surface area is 128 Å². The van der Waals surface area contributed by atoms with Crippen molar-refractivity contribution >= 4 is 18.2 Å². The highest BCUT2D eigenvalue weighted by Gasteiger charge is 2.14. The summed E-state index contributed by atoms with van der Waals surface area (Å²) in [5.41, 5.74) is -3.43. The molecular weight excluding hydrogens is 312 g/mol. The lowest BCUT2D eigenvalue weighted by molar-refractivity contribution is 0.454. The summed E-state index contributed by atoms with van der Waals surface area (Å²) < 4.78 is 1.23. The molecule has 0 aliphatic rings. The summed E-state index contributed by atoms with van der Waals surface area (Å²) in [6, 6.07) is 0. The lowest BCUT2D eigenvalue weighted by Gasteiger charge is -2.08. The summed E-state index contributed by atoms with van der Waals surface area (Å²) in [7, 11) is 0. The molecule has 1 aromatic heterocycles. The van der Waals surface area contributed by atoms with E-state index in [9.17, 15) is 28.8 Å². The van der Waals surface area contributed by atoms with E-state index in [4.69, 9.17) is 0 Å². The number of aromatic nitrogens is 3. The summed E-state index contributed by atoms with van der Waals surface area (Å²) in [6.07, 6.45) is 3.36. The zero-order valence-corrected chi connectivity index (χ0v) is 10.3. The van der Waals surface area contributed by atoms with E-state index in [0.29, 0.717) is 13.7 Å². The Morgan fingerprint density at radius 3 is 1.00 bits per heavy atom. The molecule has 0 bridgehead atoms. The molecule has 0 amide bonds. The predicted molar refractivity (Wildman–Crippen MR) is 77.0 cm³/mol. The van der Waals surface area contributed by atoms with Crippen LogP contribution in [0.1, 0.15) is 14.9 Å². The monoisotopic (exact) mass is 326 g/mol. The van der Waals surface area contributed by atoms with Gasteiger partial charge in [0.15, 0.2) is 0 Å². The number of nitrogens with zero attached hydrogens (tertiary/aromatic N) is 6. The molecular formula is C11H14N6O6. The van der Waals surface area contributed by atoms with Crippen LogP contribution in [0.5, 0.6) is 0 Å². The number of hydrogen-bond acceptors (Lipinski definition) is 9. The van der Waals surface area contributed by atoms with Crippen LogP contribution in [0.15, 0.2) is 29.4 Å². The third kappa shape index (κ3) is 4.80. The van der Waals surface area contributed by atoms with Gasteiger partial charge in [-0.15, -0.1) is 0 Å². The van der Waals surface area contributed by atoms with Gasteiger partial charge in [0.1, 0.15) is 20.0 Å². The summed E-state index contributed by atoms with van der Waals surface area (Å²) in [5, 5.41) is 0. The van der Waals surface area contributed by atoms with Crippen molar-refractivity contribution in [3.8, 4) is 0 Å². The van der Waals surface area contributed by atoms with Crippen molar-refractivity contribution in [3.63, 3.8) is 0 Å². The highest BCUT2D eigenvalue weighted by atomic mass is 16.2. The molecule has 0 aromatic carbocycles. The molecule has 0 atom stereocenters. The van der Waals surface area contributed by atoms with Gasteiger partial charge in [0, 0.05) is 0 Å². The maximum absolute atomic E-state index is 11.9.